The Morgan fingerprint density at radius 1 is 1.20 bits per heavy atom. The Labute approximate surface area is 118 Å². The lowest BCUT2D eigenvalue weighted by Crippen LogP contribution is -2.23. The molecular formula is C13H11ClF3N3. The fourth-order valence-electron chi connectivity index (χ4n) is 1.92. The molecule has 0 aliphatic rings. The van der Waals surface area contributed by atoms with E-state index in [1.165, 1.54) is 12.4 Å². The van der Waals surface area contributed by atoms with E-state index in [0.717, 1.165) is 12.3 Å². The van der Waals surface area contributed by atoms with Crippen LogP contribution in [0.5, 0.6) is 0 Å². The van der Waals surface area contributed by atoms with Gasteiger partial charge < -0.3 is 5.32 Å². The van der Waals surface area contributed by atoms with Crippen LogP contribution in [0.15, 0.2) is 36.8 Å². The quantitative estimate of drug-likeness (QED) is 0.943. The van der Waals surface area contributed by atoms with Crippen LogP contribution in [-0.2, 0) is 6.18 Å². The van der Waals surface area contributed by atoms with Crippen molar-refractivity contribution in [2.45, 2.75) is 12.2 Å². The number of hydrogen-bond acceptors (Lipinski definition) is 3. The number of nitrogens with zero attached hydrogens (tertiary/aromatic N) is 2. The zero-order chi connectivity index (χ0) is 14.8. The molecule has 106 valence electrons. The van der Waals surface area contributed by atoms with E-state index in [0.29, 0.717) is 10.7 Å². The second kappa shape index (κ2) is 5.76. The molecule has 7 heteroatoms. The van der Waals surface area contributed by atoms with Crippen LogP contribution < -0.4 is 5.32 Å². The Morgan fingerprint density at radius 2 is 1.95 bits per heavy atom. The molecule has 2 aromatic heterocycles. The molecule has 20 heavy (non-hydrogen) atoms. The van der Waals surface area contributed by atoms with Gasteiger partial charge in [-0.3, -0.25) is 9.97 Å². The first-order valence-electron chi connectivity index (χ1n) is 5.73. The third-order valence-corrected chi connectivity index (χ3v) is 3.03. The van der Waals surface area contributed by atoms with Crippen molar-refractivity contribution in [3.05, 3.63) is 58.6 Å². The van der Waals surface area contributed by atoms with Gasteiger partial charge in [0.15, 0.2) is 0 Å². The number of alkyl halides is 3. The molecule has 1 atom stereocenters. The van der Waals surface area contributed by atoms with Crippen molar-refractivity contribution in [3.63, 3.8) is 0 Å². The first kappa shape index (κ1) is 14.7. The van der Waals surface area contributed by atoms with Crippen LogP contribution in [0, 0.1) is 0 Å². The summed E-state index contributed by atoms with van der Waals surface area (Å²) in [4.78, 5) is 7.84. The zero-order valence-corrected chi connectivity index (χ0v) is 11.2. The Balaban J connectivity index is 2.50. The monoisotopic (exact) mass is 301 g/mol. The second-order valence-electron chi connectivity index (χ2n) is 4.08. The standard InChI is InChI=1S/C13H11ClF3N3/c1-18-12(11-3-2-8(14)6-20-11)9-7-19-5-4-10(9)13(15,16)17/h2-7,12,18H,1H3. The van der Waals surface area contributed by atoms with Crippen molar-refractivity contribution in [1.29, 1.82) is 0 Å². The highest BCUT2D eigenvalue weighted by Crippen LogP contribution is 2.35. The number of hydrogen-bond donors (Lipinski definition) is 1. The Morgan fingerprint density at radius 3 is 2.50 bits per heavy atom. The molecule has 2 aromatic rings. The smallest absolute Gasteiger partial charge is 0.308 e. The first-order chi connectivity index (χ1) is 9.43. The van der Waals surface area contributed by atoms with Gasteiger partial charge in [-0.1, -0.05) is 11.6 Å². The molecule has 2 rings (SSSR count). The number of halogens is 4. The average molecular weight is 302 g/mol. The topological polar surface area (TPSA) is 37.8 Å². The van der Waals surface area contributed by atoms with Crippen molar-refractivity contribution in [2.75, 3.05) is 7.05 Å². The van der Waals surface area contributed by atoms with Gasteiger partial charge in [-0.25, -0.2) is 0 Å². The van der Waals surface area contributed by atoms with Crippen LogP contribution in [0.1, 0.15) is 22.9 Å². The van der Waals surface area contributed by atoms with Gasteiger partial charge in [0, 0.05) is 24.2 Å². The van der Waals surface area contributed by atoms with Gasteiger partial charge in [0.1, 0.15) is 0 Å². The minimum Gasteiger partial charge on any atom is -0.308 e. The van der Waals surface area contributed by atoms with E-state index >= 15 is 0 Å². The van der Waals surface area contributed by atoms with E-state index in [4.69, 9.17) is 11.6 Å². The van der Waals surface area contributed by atoms with Crippen LogP contribution in [0.4, 0.5) is 13.2 Å². The molecule has 0 saturated heterocycles. The number of pyridine rings is 2. The van der Waals surface area contributed by atoms with Gasteiger partial charge in [0.05, 0.1) is 22.3 Å². The Bertz CT molecular complexity index is 584. The molecule has 0 saturated carbocycles. The summed E-state index contributed by atoms with van der Waals surface area (Å²) in [5.74, 6) is 0. The lowest BCUT2D eigenvalue weighted by molar-refractivity contribution is -0.138. The van der Waals surface area contributed by atoms with Gasteiger partial charge in [-0.15, -0.1) is 0 Å². The molecule has 0 fully saturated rings. The molecule has 0 spiro atoms. The molecule has 3 nitrogen and oxygen atoms in total. The summed E-state index contributed by atoms with van der Waals surface area (Å²) in [6.07, 6.45) is -0.737. The molecule has 0 aliphatic heterocycles. The fraction of sp³-hybridized carbons (Fsp3) is 0.231. The first-order valence-corrected chi connectivity index (χ1v) is 6.11. The summed E-state index contributed by atoms with van der Waals surface area (Å²) in [5.41, 5.74) is -0.267. The maximum atomic E-state index is 13.0. The highest BCUT2D eigenvalue weighted by Gasteiger charge is 2.35. The van der Waals surface area contributed by atoms with E-state index in [9.17, 15) is 13.2 Å². The summed E-state index contributed by atoms with van der Waals surface area (Å²) >= 11 is 5.73. The minimum absolute atomic E-state index is 0.0253. The van der Waals surface area contributed by atoms with Crippen molar-refractivity contribution in [2.24, 2.45) is 0 Å². The number of aromatic nitrogens is 2. The predicted octanol–water partition coefficient (Wildman–Crippen LogP) is 3.46. The van der Waals surface area contributed by atoms with Gasteiger partial charge in [0.2, 0.25) is 0 Å². The number of nitrogens with one attached hydrogen (secondary N) is 1. The van der Waals surface area contributed by atoms with E-state index in [1.54, 1.807) is 19.2 Å². The SMILES string of the molecule is CNC(c1ccc(Cl)cn1)c1cnccc1C(F)(F)F. The summed E-state index contributed by atoms with van der Waals surface area (Å²) in [7, 11) is 1.56. The van der Waals surface area contributed by atoms with Crippen LogP contribution in [0.25, 0.3) is 0 Å². The molecule has 2 heterocycles. The van der Waals surface area contributed by atoms with Crippen LogP contribution in [0.3, 0.4) is 0 Å². The summed E-state index contributed by atoms with van der Waals surface area (Å²) in [5, 5.41) is 3.24. The number of rotatable bonds is 3. The predicted molar refractivity (Wildman–Crippen MR) is 69.4 cm³/mol. The zero-order valence-electron chi connectivity index (χ0n) is 10.4. The lowest BCUT2D eigenvalue weighted by Gasteiger charge is -2.20. The highest BCUT2D eigenvalue weighted by atomic mass is 35.5. The van der Waals surface area contributed by atoms with Crippen molar-refractivity contribution < 1.29 is 13.2 Å². The summed E-state index contributed by atoms with van der Waals surface area (Å²) in [6, 6.07) is 3.40. The largest absolute Gasteiger partial charge is 0.416 e. The van der Waals surface area contributed by atoms with E-state index in [2.05, 4.69) is 15.3 Å². The van der Waals surface area contributed by atoms with Crippen LogP contribution >= 0.6 is 11.6 Å². The summed E-state index contributed by atoms with van der Waals surface area (Å²) in [6.45, 7) is 0. The van der Waals surface area contributed by atoms with Gasteiger partial charge in [-0.2, -0.15) is 13.2 Å². The van der Waals surface area contributed by atoms with E-state index in [1.807, 2.05) is 0 Å². The van der Waals surface area contributed by atoms with E-state index < -0.39 is 17.8 Å². The molecule has 0 aromatic carbocycles. The lowest BCUT2D eigenvalue weighted by atomic mass is 9.99. The highest BCUT2D eigenvalue weighted by molar-refractivity contribution is 6.30. The van der Waals surface area contributed by atoms with Crippen molar-refractivity contribution in [1.82, 2.24) is 15.3 Å². The van der Waals surface area contributed by atoms with Gasteiger partial charge in [0.25, 0.3) is 0 Å². The molecule has 1 N–H and O–H groups in total. The Hall–Kier alpha value is -1.66. The van der Waals surface area contributed by atoms with Crippen LogP contribution in [-0.4, -0.2) is 17.0 Å². The van der Waals surface area contributed by atoms with Crippen molar-refractivity contribution >= 4 is 11.6 Å². The molecular weight excluding hydrogens is 291 g/mol. The molecule has 1 unspecified atom stereocenters. The average Bonchev–Trinajstić information content (AvgIpc) is 2.41. The van der Waals surface area contributed by atoms with Gasteiger partial charge >= 0.3 is 6.18 Å². The minimum atomic E-state index is -4.44. The van der Waals surface area contributed by atoms with Gasteiger partial charge in [-0.05, 0) is 25.2 Å². The third kappa shape index (κ3) is 3.08. The molecule has 0 radical (unpaired) electrons. The molecule has 0 amide bonds. The molecule has 0 bridgehead atoms. The van der Waals surface area contributed by atoms with E-state index in [-0.39, 0.29) is 5.56 Å². The van der Waals surface area contributed by atoms with Crippen molar-refractivity contribution in [3.8, 4) is 0 Å². The second-order valence-corrected chi connectivity index (χ2v) is 4.52. The normalized spacial score (nSPS) is 13.2. The maximum absolute atomic E-state index is 13.0. The maximum Gasteiger partial charge on any atom is 0.416 e. The molecule has 0 aliphatic carbocycles. The fourth-order valence-corrected chi connectivity index (χ4v) is 2.03. The Kier molecular flexibility index (Phi) is 4.25. The third-order valence-electron chi connectivity index (χ3n) is 2.80. The van der Waals surface area contributed by atoms with Crippen LogP contribution in [0.2, 0.25) is 5.02 Å². The summed E-state index contributed by atoms with van der Waals surface area (Å²) < 4.78 is 39.1.